The molecule has 2 aliphatic heterocycles. The van der Waals surface area contributed by atoms with Gasteiger partial charge in [-0.3, -0.25) is 9.59 Å². The Bertz CT molecular complexity index is 763. The van der Waals surface area contributed by atoms with Crippen LogP contribution in [0.25, 0.3) is 0 Å². The highest BCUT2D eigenvalue weighted by Crippen LogP contribution is 2.17. The second-order valence-electron chi connectivity index (χ2n) is 6.85. The highest BCUT2D eigenvalue weighted by atomic mass is 35.5. The van der Waals surface area contributed by atoms with E-state index >= 15 is 0 Å². The number of carbonyl (C=O) groups excluding carboxylic acids is 2. The zero-order valence-electron chi connectivity index (χ0n) is 14.4. The van der Waals surface area contributed by atoms with E-state index in [1.165, 1.54) is 0 Å². The molecule has 0 saturated carbocycles. The summed E-state index contributed by atoms with van der Waals surface area (Å²) in [7, 11) is -3.16. The Balaban J connectivity index is 1.45. The van der Waals surface area contributed by atoms with Crippen molar-refractivity contribution in [1.82, 2.24) is 10.2 Å². The number of alkyl halides is 1. The quantitative estimate of drug-likeness (QED) is 0.605. The largest absolute Gasteiger partial charge is 0.346 e. The van der Waals surface area contributed by atoms with Gasteiger partial charge in [-0.2, -0.15) is 0 Å². The molecule has 2 amide bonds. The summed E-state index contributed by atoms with van der Waals surface area (Å²) in [6, 6.07) is 8.63. The van der Waals surface area contributed by atoms with Crippen LogP contribution in [0.4, 0.5) is 0 Å². The topological polar surface area (TPSA) is 88.0 Å². The smallest absolute Gasteiger partial charge is 0.275 e. The maximum atomic E-state index is 12.4. The minimum atomic E-state index is -3.16. The predicted octanol–water partition coefficient (Wildman–Crippen LogP) is -1.45. The second kappa shape index (κ2) is 7.94. The Hall–Kier alpha value is -1.64. The van der Waals surface area contributed by atoms with E-state index in [0.717, 1.165) is 4.90 Å². The number of nitrogens with zero attached hydrogens (tertiary/aromatic N) is 1. The van der Waals surface area contributed by atoms with Gasteiger partial charge in [-0.05, 0) is 12.1 Å². The molecule has 3 rings (SSSR count). The first-order chi connectivity index (χ1) is 12.3. The fraction of sp³-hybridized carbons (Fsp3) is 0.529. The van der Waals surface area contributed by atoms with Crippen LogP contribution in [0.2, 0.25) is 0 Å². The van der Waals surface area contributed by atoms with Gasteiger partial charge in [0.1, 0.15) is 0 Å². The molecule has 0 aromatic heterocycles. The summed E-state index contributed by atoms with van der Waals surface area (Å²) in [5.74, 6) is -0.375. The fourth-order valence-electron chi connectivity index (χ4n) is 3.39. The molecule has 7 nitrogen and oxygen atoms in total. The molecule has 2 N–H and O–H groups in total. The molecule has 0 aliphatic carbocycles. The van der Waals surface area contributed by atoms with Crippen LogP contribution in [-0.4, -0.2) is 80.8 Å². The van der Waals surface area contributed by atoms with Gasteiger partial charge in [-0.25, -0.2) is 8.42 Å². The van der Waals surface area contributed by atoms with Gasteiger partial charge in [-0.1, -0.05) is 18.2 Å². The number of sulfone groups is 1. The standard InChI is InChI=1S/C17H22ClN3O4S/c18-14-11-26(24,25)12-15(14)19-16(22)10-20-6-8-21(9-7-20)17(23)13-4-2-1-3-5-13/h1-5,14-15H,6-12H2,(H,19,22)/p+1/t14-,15-/m1/s1. The van der Waals surface area contributed by atoms with Crippen LogP contribution in [0, 0.1) is 0 Å². The summed E-state index contributed by atoms with van der Waals surface area (Å²) in [5, 5.41) is 2.17. The maximum Gasteiger partial charge on any atom is 0.275 e. The molecule has 2 heterocycles. The average molecular weight is 401 g/mol. The van der Waals surface area contributed by atoms with Gasteiger partial charge >= 0.3 is 0 Å². The number of halogens is 1. The number of carbonyl (C=O) groups is 2. The van der Waals surface area contributed by atoms with Crippen molar-refractivity contribution in [2.45, 2.75) is 11.4 Å². The highest BCUT2D eigenvalue weighted by molar-refractivity contribution is 7.91. The Morgan fingerprint density at radius 1 is 1.15 bits per heavy atom. The summed E-state index contributed by atoms with van der Waals surface area (Å²) in [6.07, 6.45) is 0. The van der Waals surface area contributed by atoms with Crippen molar-refractivity contribution in [3.05, 3.63) is 35.9 Å². The average Bonchev–Trinajstić information content (AvgIpc) is 2.87. The molecule has 142 valence electrons. The molecule has 2 aliphatic rings. The minimum Gasteiger partial charge on any atom is -0.346 e. The van der Waals surface area contributed by atoms with Crippen molar-refractivity contribution in [2.75, 3.05) is 44.2 Å². The molecule has 0 radical (unpaired) electrons. The third kappa shape index (κ3) is 4.75. The monoisotopic (exact) mass is 400 g/mol. The lowest BCUT2D eigenvalue weighted by Gasteiger charge is -2.32. The van der Waals surface area contributed by atoms with E-state index in [0.29, 0.717) is 31.7 Å². The van der Waals surface area contributed by atoms with E-state index in [1.807, 2.05) is 18.2 Å². The zero-order chi connectivity index (χ0) is 18.7. The first-order valence-electron chi connectivity index (χ1n) is 8.66. The first-order valence-corrected chi connectivity index (χ1v) is 10.9. The molecule has 1 aromatic rings. The Labute approximate surface area is 158 Å². The normalized spacial score (nSPS) is 25.8. The summed E-state index contributed by atoms with van der Waals surface area (Å²) in [6.45, 7) is 2.80. The number of amides is 2. The molecule has 2 atom stereocenters. The number of nitrogens with one attached hydrogen (secondary N) is 2. The van der Waals surface area contributed by atoms with Crippen LogP contribution in [0.1, 0.15) is 10.4 Å². The fourth-order valence-corrected chi connectivity index (χ4v) is 5.94. The third-order valence-electron chi connectivity index (χ3n) is 4.82. The van der Waals surface area contributed by atoms with E-state index < -0.39 is 21.3 Å². The van der Waals surface area contributed by atoms with Gasteiger partial charge in [0.25, 0.3) is 11.8 Å². The van der Waals surface area contributed by atoms with Crippen molar-refractivity contribution in [1.29, 1.82) is 0 Å². The summed E-state index contributed by atoms with van der Waals surface area (Å²) in [5.41, 5.74) is 0.671. The van der Waals surface area contributed by atoms with E-state index in [1.54, 1.807) is 17.0 Å². The third-order valence-corrected chi connectivity index (χ3v) is 7.19. The van der Waals surface area contributed by atoms with Crippen molar-refractivity contribution in [2.24, 2.45) is 0 Å². The van der Waals surface area contributed by atoms with Crippen molar-refractivity contribution in [3.8, 4) is 0 Å². The van der Waals surface area contributed by atoms with E-state index in [4.69, 9.17) is 11.6 Å². The van der Waals surface area contributed by atoms with Crippen LogP contribution in [0.3, 0.4) is 0 Å². The maximum absolute atomic E-state index is 12.4. The number of benzene rings is 1. The summed E-state index contributed by atoms with van der Waals surface area (Å²) in [4.78, 5) is 27.5. The van der Waals surface area contributed by atoms with Crippen LogP contribution >= 0.6 is 11.6 Å². The van der Waals surface area contributed by atoms with Gasteiger partial charge in [0.2, 0.25) is 0 Å². The number of piperazine rings is 1. The van der Waals surface area contributed by atoms with Crippen LogP contribution in [0.15, 0.2) is 30.3 Å². The molecule has 26 heavy (non-hydrogen) atoms. The Morgan fingerprint density at radius 2 is 1.81 bits per heavy atom. The van der Waals surface area contributed by atoms with Gasteiger partial charge in [0.15, 0.2) is 16.4 Å². The van der Waals surface area contributed by atoms with Gasteiger partial charge in [0.05, 0.1) is 49.1 Å². The molecule has 0 unspecified atom stereocenters. The summed E-state index contributed by atoms with van der Waals surface area (Å²) < 4.78 is 23.1. The zero-order valence-corrected chi connectivity index (χ0v) is 15.9. The van der Waals surface area contributed by atoms with E-state index in [2.05, 4.69) is 5.32 Å². The molecule has 2 saturated heterocycles. The molecular formula is C17H23ClN3O4S+. The Kier molecular flexibility index (Phi) is 5.84. The van der Waals surface area contributed by atoms with Gasteiger partial charge in [-0.15, -0.1) is 11.6 Å². The van der Waals surface area contributed by atoms with Crippen molar-refractivity contribution >= 4 is 33.3 Å². The first kappa shape index (κ1) is 19.1. The van der Waals surface area contributed by atoms with Gasteiger partial charge in [0, 0.05) is 5.56 Å². The number of hydrogen-bond acceptors (Lipinski definition) is 4. The highest BCUT2D eigenvalue weighted by Gasteiger charge is 2.37. The van der Waals surface area contributed by atoms with Crippen LogP contribution < -0.4 is 10.2 Å². The second-order valence-corrected chi connectivity index (χ2v) is 9.57. The predicted molar refractivity (Wildman–Crippen MR) is 98.1 cm³/mol. The Morgan fingerprint density at radius 3 is 2.38 bits per heavy atom. The van der Waals surface area contributed by atoms with Crippen LogP contribution in [0.5, 0.6) is 0 Å². The molecule has 9 heteroatoms. The van der Waals surface area contributed by atoms with Crippen LogP contribution in [-0.2, 0) is 14.6 Å². The molecule has 0 spiro atoms. The van der Waals surface area contributed by atoms with Crippen molar-refractivity contribution < 1.29 is 22.9 Å². The number of hydrogen-bond donors (Lipinski definition) is 2. The van der Waals surface area contributed by atoms with Gasteiger partial charge < -0.3 is 15.1 Å². The number of quaternary nitrogens is 1. The minimum absolute atomic E-state index is 0.00949. The summed E-state index contributed by atoms with van der Waals surface area (Å²) >= 11 is 6.02. The molecule has 2 fully saturated rings. The van der Waals surface area contributed by atoms with E-state index in [-0.39, 0.29) is 29.9 Å². The SMILES string of the molecule is O=C(C[NH+]1CCN(C(=O)c2ccccc2)CC1)N[C@@H]1CS(=O)(=O)C[C@H]1Cl. The van der Waals surface area contributed by atoms with Crippen molar-refractivity contribution in [3.63, 3.8) is 0 Å². The lowest BCUT2D eigenvalue weighted by Crippen LogP contribution is -3.16. The molecule has 1 aromatic carbocycles. The lowest BCUT2D eigenvalue weighted by atomic mass is 10.2. The number of rotatable bonds is 4. The van der Waals surface area contributed by atoms with E-state index in [9.17, 15) is 18.0 Å². The molecular weight excluding hydrogens is 378 g/mol. The lowest BCUT2D eigenvalue weighted by molar-refractivity contribution is -0.896. The molecule has 0 bridgehead atoms.